The zero-order chi connectivity index (χ0) is 16.3. The van der Waals surface area contributed by atoms with Crippen LogP contribution in [0, 0.1) is 29.1 Å². The van der Waals surface area contributed by atoms with Gasteiger partial charge < -0.3 is 15.5 Å². The van der Waals surface area contributed by atoms with E-state index in [4.69, 9.17) is 10.2 Å². The Bertz CT molecular complexity index is 563. The molecule has 0 aliphatic carbocycles. The second-order valence-corrected chi connectivity index (χ2v) is 3.82. The van der Waals surface area contributed by atoms with Crippen LogP contribution in [0.4, 0.5) is 22.0 Å². The van der Waals surface area contributed by atoms with Gasteiger partial charge in [-0.2, -0.15) is 0 Å². The number of nitrogens with one attached hydrogen (secondary N) is 1. The number of aliphatic hydroxyl groups is 1. The summed E-state index contributed by atoms with van der Waals surface area (Å²) in [4.78, 5) is 22.2. The van der Waals surface area contributed by atoms with Gasteiger partial charge in [0.25, 0.3) is 5.91 Å². The van der Waals surface area contributed by atoms with Gasteiger partial charge in [-0.05, 0) is 0 Å². The van der Waals surface area contributed by atoms with Crippen molar-refractivity contribution in [2.45, 2.75) is 12.5 Å². The van der Waals surface area contributed by atoms with Crippen LogP contribution in [0.3, 0.4) is 0 Å². The Labute approximate surface area is 114 Å². The Morgan fingerprint density at radius 2 is 1.38 bits per heavy atom. The molecule has 0 radical (unpaired) electrons. The van der Waals surface area contributed by atoms with Crippen molar-refractivity contribution in [3.05, 3.63) is 34.6 Å². The zero-order valence-corrected chi connectivity index (χ0v) is 10.1. The van der Waals surface area contributed by atoms with E-state index in [9.17, 15) is 31.5 Å². The first-order valence-electron chi connectivity index (χ1n) is 5.38. The van der Waals surface area contributed by atoms with Gasteiger partial charge in [0.05, 0.1) is 0 Å². The number of rotatable bonds is 5. The summed E-state index contributed by atoms with van der Waals surface area (Å²) in [7, 11) is 0. The monoisotopic (exact) mass is 313 g/mol. The van der Waals surface area contributed by atoms with Crippen LogP contribution in [0.2, 0.25) is 0 Å². The predicted octanol–water partition coefficient (Wildman–Crippen LogP) is 0.948. The molecule has 1 aromatic carbocycles. The molecule has 5 nitrogen and oxygen atoms in total. The van der Waals surface area contributed by atoms with Gasteiger partial charge in [0.15, 0.2) is 23.3 Å². The maximum atomic E-state index is 13.3. The molecule has 1 aromatic rings. The van der Waals surface area contributed by atoms with Crippen molar-refractivity contribution in [1.82, 2.24) is 5.32 Å². The van der Waals surface area contributed by atoms with E-state index in [2.05, 4.69) is 0 Å². The fourth-order valence-electron chi connectivity index (χ4n) is 1.42. The van der Waals surface area contributed by atoms with Crippen LogP contribution in [0.1, 0.15) is 16.8 Å². The van der Waals surface area contributed by atoms with E-state index in [1.54, 1.807) is 5.32 Å². The molecule has 10 heteroatoms. The number of amides is 1. The largest absolute Gasteiger partial charge is 0.480 e. The van der Waals surface area contributed by atoms with Gasteiger partial charge in [0.2, 0.25) is 5.82 Å². The second kappa shape index (κ2) is 6.48. The summed E-state index contributed by atoms with van der Waals surface area (Å²) in [6, 6.07) is -1.75. The predicted molar refractivity (Wildman–Crippen MR) is 56.8 cm³/mol. The Balaban J connectivity index is 3.22. The quantitative estimate of drug-likeness (QED) is 0.429. The minimum atomic E-state index is -2.44. The third kappa shape index (κ3) is 3.27. The van der Waals surface area contributed by atoms with Gasteiger partial charge in [-0.3, -0.25) is 4.79 Å². The van der Waals surface area contributed by atoms with Crippen molar-refractivity contribution < 1.29 is 41.8 Å². The average molecular weight is 313 g/mol. The number of carbonyl (C=O) groups is 2. The molecule has 0 aromatic heterocycles. The number of carboxylic acids is 1. The van der Waals surface area contributed by atoms with Crippen molar-refractivity contribution in [2.75, 3.05) is 6.61 Å². The molecule has 0 bridgehead atoms. The molecule has 0 fully saturated rings. The normalized spacial score (nSPS) is 12.1. The first kappa shape index (κ1) is 16.8. The molecule has 0 unspecified atom stereocenters. The molecular formula is C11H8F5NO4. The number of carbonyl (C=O) groups excluding carboxylic acids is 1. The molecule has 1 rings (SSSR count). The van der Waals surface area contributed by atoms with E-state index in [1.807, 2.05) is 0 Å². The lowest BCUT2D eigenvalue weighted by molar-refractivity contribution is -0.139. The lowest BCUT2D eigenvalue weighted by atomic mass is 10.1. The number of benzene rings is 1. The van der Waals surface area contributed by atoms with Crippen LogP contribution in [0.5, 0.6) is 0 Å². The van der Waals surface area contributed by atoms with E-state index in [1.165, 1.54) is 0 Å². The van der Waals surface area contributed by atoms with Gasteiger partial charge in [-0.1, -0.05) is 0 Å². The number of aliphatic carboxylic acids is 1. The highest BCUT2D eigenvalue weighted by atomic mass is 19.2. The van der Waals surface area contributed by atoms with E-state index in [0.717, 1.165) is 0 Å². The topological polar surface area (TPSA) is 86.6 Å². The van der Waals surface area contributed by atoms with E-state index >= 15 is 0 Å². The van der Waals surface area contributed by atoms with Crippen molar-refractivity contribution in [2.24, 2.45) is 0 Å². The van der Waals surface area contributed by atoms with E-state index in [0.29, 0.717) is 0 Å². The van der Waals surface area contributed by atoms with Gasteiger partial charge in [0.1, 0.15) is 11.6 Å². The molecule has 0 spiro atoms. The van der Waals surface area contributed by atoms with Crippen LogP contribution in [-0.2, 0) is 4.79 Å². The number of carboxylic acid groups (broad SMARTS) is 1. The molecule has 0 aliphatic rings. The summed E-state index contributed by atoms with van der Waals surface area (Å²) >= 11 is 0. The highest BCUT2D eigenvalue weighted by Gasteiger charge is 2.31. The van der Waals surface area contributed by atoms with Crippen LogP contribution in [0.15, 0.2) is 0 Å². The Morgan fingerprint density at radius 3 is 1.76 bits per heavy atom. The molecule has 0 saturated carbocycles. The molecule has 0 heterocycles. The Kier molecular flexibility index (Phi) is 5.19. The average Bonchev–Trinajstić information content (AvgIpc) is 2.42. The standard InChI is InChI=1S/C11H8F5NO4/c12-5-4(6(13)8(15)9(16)7(5)14)10(19)17-3(1-2-18)11(20)21/h3,18H,1-2H2,(H,17,19)(H,20,21)/t3-/m1/s1. The Hall–Kier alpha value is -2.23. The van der Waals surface area contributed by atoms with Crippen molar-refractivity contribution in [1.29, 1.82) is 0 Å². The smallest absolute Gasteiger partial charge is 0.326 e. The van der Waals surface area contributed by atoms with Gasteiger partial charge in [0, 0.05) is 13.0 Å². The summed E-state index contributed by atoms with van der Waals surface area (Å²) in [6.45, 7) is -0.686. The van der Waals surface area contributed by atoms with Crippen molar-refractivity contribution in [3.63, 3.8) is 0 Å². The van der Waals surface area contributed by atoms with Crippen LogP contribution >= 0.6 is 0 Å². The first-order valence-corrected chi connectivity index (χ1v) is 5.38. The number of aliphatic hydroxyl groups excluding tert-OH is 1. The second-order valence-electron chi connectivity index (χ2n) is 3.82. The summed E-state index contributed by atoms with van der Waals surface area (Å²) < 4.78 is 65.2. The molecule has 1 amide bonds. The summed E-state index contributed by atoms with van der Waals surface area (Å²) in [6.07, 6.45) is -0.517. The molecule has 3 N–H and O–H groups in total. The molecule has 1 atom stereocenters. The zero-order valence-electron chi connectivity index (χ0n) is 10.1. The fraction of sp³-hybridized carbons (Fsp3) is 0.273. The van der Waals surface area contributed by atoms with Crippen LogP contribution in [0.25, 0.3) is 0 Å². The maximum absolute atomic E-state index is 13.3. The molecule has 21 heavy (non-hydrogen) atoms. The fourth-order valence-corrected chi connectivity index (χ4v) is 1.42. The Morgan fingerprint density at radius 1 is 0.952 bits per heavy atom. The summed E-state index contributed by atoms with van der Waals surface area (Å²) in [5.74, 6) is -15.3. The summed E-state index contributed by atoms with van der Waals surface area (Å²) in [5, 5.41) is 18.8. The third-order valence-corrected chi connectivity index (χ3v) is 2.46. The molecule has 0 aliphatic heterocycles. The third-order valence-electron chi connectivity index (χ3n) is 2.46. The van der Waals surface area contributed by atoms with Gasteiger partial charge in [-0.25, -0.2) is 26.7 Å². The lowest BCUT2D eigenvalue weighted by Crippen LogP contribution is -2.42. The highest BCUT2D eigenvalue weighted by Crippen LogP contribution is 2.23. The van der Waals surface area contributed by atoms with Crippen molar-refractivity contribution in [3.8, 4) is 0 Å². The van der Waals surface area contributed by atoms with Crippen LogP contribution in [-0.4, -0.2) is 34.7 Å². The molecule has 0 saturated heterocycles. The summed E-state index contributed by atoms with van der Waals surface area (Å²) in [5.41, 5.74) is -1.80. The SMILES string of the molecule is O=C(N[C@H](CCO)C(=O)O)c1c(F)c(F)c(F)c(F)c1F. The maximum Gasteiger partial charge on any atom is 0.326 e. The van der Waals surface area contributed by atoms with Crippen LogP contribution < -0.4 is 5.32 Å². The van der Waals surface area contributed by atoms with Gasteiger partial charge >= 0.3 is 5.97 Å². The number of hydrogen-bond donors (Lipinski definition) is 3. The minimum absolute atomic E-state index is 0.517. The minimum Gasteiger partial charge on any atom is -0.480 e. The van der Waals surface area contributed by atoms with E-state index < -0.39 is 65.6 Å². The molecule has 116 valence electrons. The highest BCUT2D eigenvalue weighted by molar-refractivity contribution is 5.97. The van der Waals surface area contributed by atoms with Gasteiger partial charge in [-0.15, -0.1) is 0 Å². The van der Waals surface area contributed by atoms with Crippen molar-refractivity contribution >= 4 is 11.9 Å². The molecular weight excluding hydrogens is 305 g/mol. The number of hydrogen-bond acceptors (Lipinski definition) is 3. The van der Waals surface area contributed by atoms with E-state index in [-0.39, 0.29) is 0 Å². The first-order chi connectivity index (χ1) is 9.72. The lowest BCUT2D eigenvalue weighted by Gasteiger charge is -2.14. The number of halogens is 5.